The number of fused-ring (bicyclic) bond motifs is 1. The van der Waals surface area contributed by atoms with Gasteiger partial charge in [0.1, 0.15) is 6.04 Å². The van der Waals surface area contributed by atoms with Crippen molar-refractivity contribution >= 4 is 17.3 Å². The number of carbonyl (C=O) groups is 1. The fourth-order valence-corrected chi connectivity index (χ4v) is 1.51. The van der Waals surface area contributed by atoms with Gasteiger partial charge < -0.3 is 16.2 Å². The third-order valence-corrected chi connectivity index (χ3v) is 2.19. The zero-order valence-electron chi connectivity index (χ0n) is 6.95. The zero-order valence-corrected chi connectivity index (χ0v) is 6.95. The third kappa shape index (κ3) is 1.30. The molecule has 0 spiro atoms. The maximum Gasteiger partial charge on any atom is 0.326 e. The Hall–Kier alpha value is -1.71. The largest absolute Gasteiger partial charge is 0.480 e. The lowest BCUT2D eigenvalue weighted by Gasteiger charge is -2.03. The number of carboxylic acids is 1. The van der Waals surface area contributed by atoms with Gasteiger partial charge in [-0.05, 0) is 17.7 Å². The predicted octanol–water partition coefficient (Wildman–Crippen LogP) is 0.690. The first-order valence-electron chi connectivity index (χ1n) is 4.04. The van der Waals surface area contributed by atoms with Crippen molar-refractivity contribution in [2.24, 2.45) is 0 Å². The smallest absolute Gasteiger partial charge is 0.326 e. The highest BCUT2D eigenvalue weighted by molar-refractivity contribution is 5.81. The first-order chi connectivity index (χ1) is 6.16. The van der Waals surface area contributed by atoms with Crippen LogP contribution in [-0.4, -0.2) is 17.1 Å². The first-order valence-corrected chi connectivity index (χ1v) is 4.04. The van der Waals surface area contributed by atoms with Gasteiger partial charge in [0.2, 0.25) is 0 Å². The summed E-state index contributed by atoms with van der Waals surface area (Å²) in [5, 5.41) is 11.7. The first kappa shape index (κ1) is 7.91. The van der Waals surface area contributed by atoms with Crippen molar-refractivity contribution in [2.75, 3.05) is 11.1 Å². The van der Waals surface area contributed by atoms with Crippen LogP contribution in [0.1, 0.15) is 5.56 Å². The molecule has 1 aliphatic rings. The summed E-state index contributed by atoms with van der Waals surface area (Å²) in [5.74, 6) is -0.824. The second kappa shape index (κ2) is 2.65. The molecular formula is C9H10N2O2. The van der Waals surface area contributed by atoms with Crippen LogP contribution in [0.2, 0.25) is 0 Å². The number of benzene rings is 1. The molecule has 0 amide bonds. The molecule has 68 valence electrons. The van der Waals surface area contributed by atoms with Gasteiger partial charge in [0.05, 0.1) is 0 Å². The van der Waals surface area contributed by atoms with Gasteiger partial charge >= 0.3 is 5.97 Å². The van der Waals surface area contributed by atoms with Crippen molar-refractivity contribution in [3.63, 3.8) is 0 Å². The van der Waals surface area contributed by atoms with Crippen LogP contribution in [0.25, 0.3) is 0 Å². The molecule has 4 N–H and O–H groups in total. The Kier molecular flexibility index (Phi) is 1.62. The van der Waals surface area contributed by atoms with Crippen molar-refractivity contribution in [2.45, 2.75) is 12.5 Å². The molecule has 0 saturated carbocycles. The minimum atomic E-state index is -0.824. The van der Waals surface area contributed by atoms with Gasteiger partial charge in [-0.25, -0.2) is 4.79 Å². The Morgan fingerprint density at radius 1 is 1.62 bits per heavy atom. The number of rotatable bonds is 1. The van der Waals surface area contributed by atoms with Gasteiger partial charge in [0.15, 0.2) is 0 Å². The van der Waals surface area contributed by atoms with Gasteiger partial charge in [-0.15, -0.1) is 0 Å². The number of hydrogen-bond donors (Lipinski definition) is 3. The number of aliphatic carboxylic acids is 1. The van der Waals surface area contributed by atoms with Crippen LogP contribution in [0, 0.1) is 0 Å². The Balaban J connectivity index is 2.30. The molecule has 1 heterocycles. The molecule has 0 fully saturated rings. The summed E-state index contributed by atoms with van der Waals surface area (Å²) < 4.78 is 0. The summed E-state index contributed by atoms with van der Waals surface area (Å²) in [6.45, 7) is 0. The molecule has 0 aliphatic carbocycles. The molecule has 0 radical (unpaired) electrons. The van der Waals surface area contributed by atoms with Crippen LogP contribution < -0.4 is 11.1 Å². The van der Waals surface area contributed by atoms with E-state index < -0.39 is 12.0 Å². The van der Waals surface area contributed by atoms with Crippen LogP contribution in [0.3, 0.4) is 0 Å². The molecule has 0 bridgehead atoms. The van der Waals surface area contributed by atoms with Crippen LogP contribution in [0.5, 0.6) is 0 Å². The second-order valence-corrected chi connectivity index (χ2v) is 3.16. The fourth-order valence-electron chi connectivity index (χ4n) is 1.51. The maximum absolute atomic E-state index is 10.7. The summed E-state index contributed by atoms with van der Waals surface area (Å²) >= 11 is 0. The molecule has 0 unspecified atom stereocenters. The summed E-state index contributed by atoms with van der Waals surface area (Å²) in [6, 6.07) is 4.90. The Morgan fingerprint density at radius 3 is 3.08 bits per heavy atom. The average Bonchev–Trinajstić information content (AvgIpc) is 2.46. The number of nitrogen functional groups attached to an aromatic ring is 1. The van der Waals surface area contributed by atoms with Gasteiger partial charge in [0, 0.05) is 17.8 Å². The average molecular weight is 178 g/mol. The summed E-state index contributed by atoms with van der Waals surface area (Å²) in [6.07, 6.45) is 0.533. The predicted molar refractivity (Wildman–Crippen MR) is 49.6 cm³/mol. The topological polar surface area (TPSA) is 75.3 Å². The maximum atomic E-state index is 10.7. The zero-order chi connectivity index (χ0) is 9.42. The van der Waals surface area contributed by atoms with Crippen molar-refractivity contribution in [1.29, 1.82) is 0 Å². The third-order valence-electron chi connectivity index (χ3n) is 2.19. The molecule has 4 heteroatoms. The molecule has 1 atom stereocenters. The highest BCUT2D eigenvalue weighted by Crippen LogP contribution is 2.27. The summed E-state index contributed by atoms with van der Waals surface area (Å²) in [5.41, 5.74) is 8.07. The molecule has 2 rings (SSSR count). The number of anilines is 2. The van der Waals surface area contributed by atoms with E-state index in [4.69, 9.17) is 10.8 Å². The highest BCUT2D eigenvalue weighted by atomic mass is 16.4. The number of hydrogen-bond acceptors (Lipinski definition) is 3. The van der Waals surface area contributed by atoms with Crippen molar-refractivity contribution < 1.29 is 9.90 Å². The molecule has 0 aromatic heterocycles. The summed E-state index contributed by atoms with van der Waals surface area (Å²) in [4.78, 5) is 10.7. The normalized spacial score (nSPS) is 19.2. The van der Waals surface area contributed by atoms with E-state index in [0.29, 0.717) is 12.1 Å². The van der Waals surface area contributed by atoms with Gasteiger partial charge in [0.25, 0.3) is 0 Å². The molecule has 4 nitrogen and oxygen atoms in total. The van der Waals surface area contributed by atoms with Crippen LogP contribution >= 0.6 is 0 Å². The Labute approximate surface area is 75.4 Å². The van der Waals surface area contributed by atoms with E-state index in [2.05, 4.69) is 5.32 Å². The highest BCUT2D eigenvalue weighted by Gasteiger charge is 2.25. The minimum Gasteiger partial charge on any atom is -0.480 e. The molecular weight excluding hydrogens is 168 g/mol. The standard InChI is InChI=1S/C9H10N2O2/c10-6-2-1-5-3-8(9(12)13)11-7(5)4-6/h1-2,4,8,11H,3,10H2,(H,12,13)/t8-/m0/s1. The lowest BCUT2D eigenvalue weighted by atomic mass is 10.1. The fraction of sp³-hybridized carbons (Fsp3) is 0.222. The van der Waals surface area contributed by atoms with Gasteiger partial charge in [-0.3, -0.25) is 0 Å². The molecule has 1 aromatic carbocycles. The van der Waals surface area contributed by atoms with Crippen LogP contribution in [0.15, 0.2) is 18.2 Å². The number of nitrogens with one attached hydrogen (secondary N) is 1. The quantitative estimate of drug-likeness (QED) is 0.553. The number of carboxylic acid groups (broad SMARTS) is 1. The molecule has 13 heavy (non-hydrogen) atoms. The van der Waals surface area contributed by atoms with E-state index in [1.54, 1.807) is 12.1 Å². The van der Waals surface area contributed by atoms with Gasteiger partial charge in [-0.1, -0.05) is 6.07 Å². The van der Waals surface area contributed by atoms with Crippen LogP contribution in [-0.2, 0) is 11.2 Å². The number of nitrogens with two attached hydrogens (primary N) is 1. The molecule has 1 aromatic rings. The molecule has 0 saturated heterocycles. The lowest BCUT2D eigenvalue weighted by Crippen LogP contribution is -2.26. The van der Waals surface area contributed by atoms with Crippen LogP contribution in [0.4, 0.5) is 11.4 Å². The van der Waals surface area contributed by atoms with E-state index in [9.17, 15) is 4.79 Å². The van der Waals surface area contributed by atoms with Crippen molar-refractivity contribution in [3.8, 4) is 0 Å². The lowest BCUT2D eigenvalue weighted by molar-refractivity contribution is -0.137. The minimum absolute atomic E-state index is 0.503. The SMILES string of the molecule is Nc1ccc2c(c1)N[C@H](C(=O)O)C2. The monoisotopic (exact) mass is 178 g/mol. The Morgan fingerprint density at radius 2 is 2.38 bits per heavy atom. The Bertz CT molecular complexity index is 363. The van der Waals surface area contributed by atoms with E-state index in [0.717, 1.165) is 11.3 Å². The van der Waals surface area contributed by atoms with Gasteiger partial charge in [-0.2, -0.15) is 0 Å². The molecule has 1 aliphatic heterocycles. The van der Waals surface area contributed by atoms with E-state index in [1.165, 1.54) is 0 Å². The van der Waals surface area contributed by atoms with E-state index in [1.807, 2.05) is 6.07 Å². The second-order valence-electron chi connectivity index (χ2n) is 3.16. The van der Waals surface area contributed by atoms with E-state index in [-0.39, 0.29) is 0 Å². The van der Waals surface area contributed by atoms with E-state index >= 15 is 0 Å². The van der Waals surface area contributed by atoms with Crippen molar-refractivity contribution in [3.05, 3.63) is 23.8 Å². The van der Waals surface area contributed by atoms with Crippen molar-refractivity contribution in [1.82, 2.24) is 0 Å². The summed E-state index contributed by atoms with van der Waals surface area (Å²) in [7, 11) is 0.